The van der Waals surface area contributed by atoms with Crippen LogP contribution in [0.15, 0.2) is 23.4 Å². The molecule has 1 N–H and O–H groups in total. The van der Waals surface area contributed by atoms with E-state index in [-0.39, 0.29) is 11.0 Å². The number of hydrogen-bond donors (Lipinski definition) is 1. The highest BCUT2D eigenvalue weighted by Crippen LogP contribution is 2.33. The van der Waals surface area contributed by atoms with E-state index in [0.29, 0.717) is 30.3 Å². The van der Waals surface area contributed by atoms with Crippen molar-refractivity contribution in [2.24, 2.45) is 0 Å². The fourth-order valence-electron chi connectivity index (χ4n) is 1.67. The van der Waals surface area contributed by atoms with Crippen LogP contribution in [0, 0.1) is 0 Å². The zero-order chi connectivity index (χ0) is 13.5. The van der Waals surface area contributed by atoms with Gasteiger partial charge in [0, 0.05) is 16.2 Å². The molecule has 0 spiro atoms. The van der Waals surface area contributed by atoms with E-state index < -0.39 is 9.05 Å². The summed E-state index contributed by atoms with van der Waals surface area (Å²) in [5, 5.41) is 5.69. The number of hydrogen-bond acceptors (Lipinski definition) is 6. The molecule has 1 aliphatic rings. The van der Waals surface area contributed by atoms with E-state index >= 15 is 0 Å². The van der Waals surface area contributed by atoms with Crippen LogP contribution in [0.1, 0.15) is 0 Å². The average molecular weight is 302 g/mol. The summed E-state index contributed by atoms with van der Waals surface area (Å²) in [4.78, 5) is 3.82. The van der Waals surface area contributed by atoms with Crippen LogP contribution in [-0.4, -0.2) is 36.8 Å². The quantitative estimate of drug-likeness (QED) is 0.837. The SMILES string of the molecule is O=S(=O)(Cl)c1nc(-c2ccc3c(c2)OCCO3)n[nH]1. The van der Waals surface area contributed by atoms with Gasteiger partial charge in [-0.25, -0.2) is 13.5 Å². The molecule has 0 unspecified atom stereocenters. The predicted molar refractivity (Wildman–Crippen MR) is 65.8 cm³/mol. The third-order valence-electron chi connectivity index (χ3n) is 2.50. The fourth-order valence-corrected chi connectivity index (χ4v) is 2.22. The summed E-state index contributed by atoms with van der Waals surface area (Å²) in [7, 11) is 1.25. The normalized spacial score (nSPS) is 14.4. The number of aromatic nitrogens is 3. The highest BCUT2D eigenvalue weighted by molar-refractivity contribution is 8.13. The van der Waals surface area contributed by atoms with Crippen molar-refractivity contribution >= 4 is 19.7 Å². The van der Waals surface area contributed by atoms with E-state index in [0.717, 1.165) is 0 Å². The Morgan fingerprint density at radius 2 is 1.95 bits per heavy atom. The summed E-state index contributed by atoms with van der Waals surface area (Å²) in [6.07, 6.45) is 0. The molecule has 1 aromatic carbocycles. The van der Waals surface area contributed by atoms with E-state index in [1.807, 2.05) is 0 Å². The Bertz CT molecular complexity index is 728. The number of nitrogens with one attached hydrogen (secondary N) is 1. The van der Waals surface area contributed by atoms with Gasteiger partial charge in [0.05, 0.1) is 0 Å². The number of aromatic amines is 1. The molecule has 100 valence electrons. The molecule has 9 heteroatoms. The van der Waals surface area contributed by atoms with Crippen LogP contribution < -0.4 is 9.47 Å². The molecule has 0 radical (unpaired) electrons. The number of fused-ring (bicyclic) bond motifs is 1. The smallest absolute Gasteiger partial charge is 0.296 e. The largest absolute Gasteiger partial charge is 0.486 e. The summed E-state index contributed by atoms with van der Waals surface area (Å²) in [6, 6.07) is 5.11. The van der Waals surface area contributed by atoms with E-state index in [1.165, 1.54) is 0 Å². The van der Waals surface area contributed by atoms with Crippen molar-refractivity contribution in [2.75, 3.05) is 13.2 Å². The maximum atomic E-state index is 11.1. The highest BCUT2D eigenvalue weighted by Gasteiger charge is 2.18. The molecule has 0 aliphatic carbocycles. The Morgan fingerprint density at radius 1 is 1.21 bits per heavy atom. The van der Waals surface area contributed by atoms with Crippen molar-refractivity contribution in [1.82, 2.24) is 15.2 Å². The van der Waals surface area contributed by atoms with Gasteiger partial charge in [0.2, 0.25) is 0 Å². The van der Waals surface area contributed by atoms with E-state index in [9.17, 15) is 8.42 Å². The lowest BCUT2D eigenvalue weighted by Gasteiger charge is -2.18. The molecule has 7 nitrogen and oxygen atoms in total. The maximum Gasteiger partial charge on any atom is 0.296 e. The van der Waals surface area contributed by atoms with Gasteiger partial charge in [0.15, 0.2) is 17.3 Å². The standard InChI is InChI=1S/C10H8ClN3O4S/c11-19(15,16)10-12-9(13-14-10)6-1-2-7-8(5-6)18-4-3-17-7/h1-2,5H,3-4H2,(H,12,13,14). The summed E-state index contributed by atoms with van der Waals surface area (Å²) < 4.78 is 33.0. The van der Waals surface area contributed by atoms with Crippen LogP contribution >= 0.6 is 10.7 Å². The first-order valence-corrected chi connectivity index (χ1v) is 7.62. The van der Waals surface area contributed by atoms with Crippen LogP contribution in [0.3, 0.4) is 0 Å². The lowest BCUT2D eigenvalue weighted by Crippen LogP contribution is -2.15. The predicted octanol–water partition coefficient (Wildman–Crippen LogP) is 1.17. The number of benzene rings is 1. The maximum absolute atomic E-state index is 11.1. The Balaban J connectivity index is 2.00. The monoisotopic (exact) mass is 301 g/mol. The molecule has 0 saturated heterocycles. The summed E-state index contributed by atoms with van der Waals surface area (Å²) >= 11 is 0. The molecule has 19 heavy (non-hydrogen) atoms. The van der Waals surface area contributed by atoms with Crippen molar-refractivity contribution in [3.63, 3.8) is 0 Å². The van der Waals surface area contributed by atoms with Gasteiger partial charge in [0.1, 0.15) is 13.2 Å². The Kier molecular flexibility index (Phi) is 2.83. The first kappa shape index (κ1) is 12.2. The van der Waals surface area contributed by atoms with Gasteiger partial charge in [-0.2, -0.15) is 10.1 Å². The molecule has 2 aromatic rings. The van der Waals surface area contributed by atoms with E-state index in [4.69, 9.17) is 20.2 Å². The van der Waals surface area contributed by atoms with Crippen LogP contribution in [0.2, 0.25) is 0 Å². The first-order chi connectivity index (χ1) is 9.04. The van der Waals surface area contributed by atoms with Crippen molar-refractivity contribution in [3.05, 3.63) is 18.2 Å². The molecule has 1 aliphatic heterocycles. The molecular weight excluding hydrogens is 294 g/mol. The fraction of sp³-hybridized carbons (Fsp3) is 0.200. The molecular formula is C10H8ClN3O4S. The summed E-state index contributed by atoms with van der Waals surface area (Å²) in [5.74, 6) is 1.43. The zero-order valence-corrected chi connectivity index (χ0v) is 11.0. The van der Waals surface area contributed by atoms with E-state index in [1.54, 1.807) is 18.2 Å². The van der Waals surface area contributed by atoms with Gasteiger partial charge in [0.25, 0.3) is 14.2 Å². The second-order valence-corrected chi connectivity index (χ2v) is 6.24. The van der Waals surface area contributed by atoms with Crippen molar-refractivity contribution in [3.8, 4) is 22.9 Å². The lowest BCUT2D eigenvalue weighted by atomic mass is 10.2. The molecule has 2 heterocycles. The van der Waals surface area contributed by atoms with Crippen molar-refractivity contribution in [2.45, 2.75) is 5.16 Å². The van der Waals surface area contributed by atoms with Crippen molar-refractivity contribution < 1.29 is 17.9 Å². The summed E-state index contributed by atoms with van der Waals surface area (Å²) in [5.41, 5.74) is 0.604. The Morgan fingerprint density at radius 3 is 2.63 bits per heavy atom. The van der Waals surface area contributed by atoms with Crippen LogP contribution in [0.5, 0.6) is 11.5 Å². The number of halogens is 1. The second-order valence-electron chi connectivity index (χ2n) is 3.76. The zero-order valence-electron chi connectivity index (χ0n) is 9.46. The van der Waals surface area contributed by atoms with Gasteiger partial charge < -0.3 is 9.47 Å². The van der Waals surface area contributed by atoms with Gasteiger partial charge in [-0.05, 0) is 18.2 Å². The Labute approximate surface area is 112 Å². The summed E-state index contributed by atoms with van der Waals surface area (Å²) in [6.45, 7) is 0.966. The van der Waals surface area contributed by atoms with Crippen molar-refractivity contribution in [1.29, 1.82) is 0 Å². The number of nitrogens with zero attached hydrogens (tertiary/aromatic N) is 2. The number of H-pyrrole nitrogens is 1. The van der Waals surface area contributed by atoms with Crippen LogP contribution in [0.25, 0.3) is 11.4 Å². The van der Waals surface area contributed by atoms with Gasteiger partial charge in [-0.1, -0.05) is 0 Å². The van der Waals surface area contributed by atoms with E-state index in [2.05, 4.69) is 15.2 Å². The molecule has 1 aromatic heterocycles. The molecule has 0 saturated carbocycles. The lowest BCUT2D eigenvalue weighted by molar-refractivity contribution is 0.171. The minimum Gasteiger partial charge on any atom is -0.486 e. The number of rotatable bonds is 2. The second kappa shape index (κ2) is 4.39. The molecule has 3 rings (SSSR count). The minimum absolute atomic E-state index is 0.219. The third kappa shape index (κ3) is 2.36. The topological polar surface area (TPSA) is 94.2 Å². The number of ether oxygens (including phenoxy) is 2. The van der Waals surface area contributed by atoms with Crippen LogP contribution in [0.4, 0.5) is 0 Å². The first-order valence-electron chi connectivity index (χ1n) is 5.31. The molecule has 0 bridgehead atoms. The Hall–Kier alpha value is -1.80. The van der Waals surface area contributed by atoms with Gasteiger partial charge >= 0.3 is 0 Å². The minimum atomic E-state index is -3.92. The van der Waals surface area contributed by atoms with Gasteiger partial charge in [-0.15, -0.1) is 0 Å². The molecule has 0 amide bonds. The average Bonchev–Trinajstić information content (AvgIpc) is 2.87. The molecule has 0 atom stereocenters. The van der Waals surface area contributed by atoms with Crippen LogP contribution in [-0.2, 0) is 9.05 Å². The molecule has 0 fully saturated rings. The van der Waals surface area contributed by atoms with Gasteiger partial charge in [-0.3, -0.25) is 0 Å². The highest BCUT2D eigenvalue weighted by atomic mass is 35.7. The third-order valence-corrected chi connectivity index (χ3v) is 3.58.